The summed E-state index contributed by atoms with van der Waals surface area (Å²) < 4.78 is 10.9. The third-order valence-electron chi connectivity index (χ3n) is 2.45. The normalized spacial score (nSPS) is 11.0. The molecule has 2 heteroatoms. The molecule has 0 spiro atoms. The molecule has 0 unspecified atom stereocenters. The fraction of sp³-hybridized carbons (Fsp3) is 0.0769. The Balaban J connectivity index is 2.21. The number of rotatable bonds is 1. The van der Waals surface area contributed by atoms with Crippen LogP contribution in [0.25, 0.3) is 22.3 Å². The monoisotopic (exact) mass is 198 g/mol. The summed E-state index contributed by atoms with van der Waals surface area (Å²) in [6.45, 7) is 1.95. The zero-order valence-corrected chi connectivity index (χ0v) is 8.36. The van der Waals surface area contributed by atoms with Gasteiger partial charge in [0, 0.05) is 10.9 Å². The predicted octanol–water partition coefficient (Wildman–Crippen LogP) is 4.00. The molecule has 0 amide bonds. The Kier molecular flexibility index (Phi) is 1.68. The lowest BCUT2D eigenvalue weighted by Crippen LogP contribution is -1.72. The van der Waals surface area contributed by atoms with Crippen molar-refractivity contribution in [2.24, 2.45) is 0 Å². The van der Waals surface area contributed by atoms with Crippen molar-refractivity contribution < 1.29 is 8.83 Å². The molecule has 0 fully saturated rings. The standard InChI is InChI=1S/C13H10O2/c1-9-7-11-8-10(4-5-13(11)15-9)12-3-2-6-14-12/h2-8H,1H3. The lowest BCUT2D eigenvalue weighted by atomic mass is 10.1. The molecule has 0 aliphatic carbocycles. The van der Waals surface area contributed by atoms with Gasteiger partial charge in [0.05, 0.1) is 6.26 Å². The Hall–Kier alpha value is -1.96. The van der Waals surface area contributed by atoms with Gasteiger partial charge in [0.25, 0.3) is 0 Å². The number of hydrogen-bond acceptors (Lipinski definition) is 2. The van der Waals surface area contributed by atoms with Crippen LogP contribution in [-0.4, -0.2) is 0 Å². The van der Waals surface area contributed by atoms with E-state index in [1.54, 1.807) is 6.26 Å². The highest BCUT2D eigenvalue weighted by Gasteiger charge is 2.04. The molecule has 0 N–H and O–H groups in total. The summed E-state index contributed by atoms with van der Waals surface area (Å²) in [5, 5.41) is 1.11. The first-order chi connectivity index (χ1) is 7.33. The summed E-state index contributed by atoms with van der Waals surface area (Å²) in [4.78, 5) is 0. The molecule has 0 atom stereocenters. The average Bonchev–Trinajstić information content (AvgIpc) is 2.82. The van der Waals surface area contributed by atoms with Crippen molar-refractivity contribution in [2.75, 3.05) is 0 Å². The van der Waals surface area contributed by atoms with Crippen LogP contribution in [0.15, 0.2) is 51.5 Å². The molecule has 0 bridgehead atoms. The van der Waals surface area contributed by atoms with E-state index in [-0.39, 0.29) is 0 Å². The predicted molar refractivity (Wildman–Crippen MR) is 58.7 cm³/mol. The number of furan rings is 2. The molecular formula is C13H10O2. The topological polar surface area (TPSA) is 26.3 Å². The molecular weight excluding hydrogens is 188 g/mol. The maximum atomic E-state index is 5.51. The largest absolute Gasteiger partial charge is 0.464 e. The van der Waals surface area contributed by atoms with Crippen LogP contribution in [0.5, 0.6) is 0 Å². The van der Waals surface area contributed by atoms with Crippen molar-refractivity contribution >= 4 is 11.0 Å². The molecule has 2 nitrogen and oxygen atoms in total. The molecule has 2 heterocycles. The highest BCUT2D eigenvalue weighted by Crippen LogP contribution is 2.26. The van der Waals surface area contributed by atoms with Gasteiger partial charge in [-0.3, -0.25) is 0 Å². The first-order valence-corrected chi connectivity index (χ1v) is 4.87. The summed E-state index contributed by atoms with van der Waals surface area (Å²) in [5.41, 5.74) is 2.00. The summed E-state index contributed by atoms with van der Waals surface area (Å²) in [6, 6.07) is 11.9. The zero-order valence-electron chi connectivity index (χ0n) is 8.36. The van der Waals surface area contributed by atoms with Crippen LogP contribution < -0.4 is 0 Å². The first kappa shape index (κ1) is 8.36. The van der Waals surface area contributed by atoms with E-state index < -0.39 is 0 Å². The van der Waals surface area contributed by atoms with Gasteiger partial charge in [0.2, 0.25) is 0 Å². The lowest BCUT2D eigenvalue weighted by molar-refractivity contribution is 0.578. The van der Waals surface area contributed by atoms with Gasteiger partial charge >= 0.3 is 0 Å². The van der Waals surface area contributed by atoms with Gasteiger partial charge < -0.3 is 8.83 Å². The highest BCUT2D eigenvalue weighted by atomic mass is 16.3. The molecule has 0 aliphatic heterocycles. The van der Waals surface area contributed by atoms with Crippen molar-refractivity contribution in [3.05, 3.63) is 48.4 Å². The fourth-order valence-corrected chi connectivity index (χ4v) is 1.77. The summed E-state index contributed by atoms with van der Waals surface area (Å²) >= 11 is 0. The van der Waals surface area contributed by atoms with Crippen LogP contribution in [0.4, 0.5) is 0 Å². The highest BCUT2D eigenvalue weighted by molar-refractivity contribution is 5.83. The second kappa shape index (κ2) is 3.02. The Morgan fingerprint density at radius 1 is 1.07 bits per heavy atom. The van der Waals surface area contributed by atoms with Crippen LogP contribution in [0.2, 0.25) is 0 Å². The molecule has 3 rings (SSSR count). The Labute approximate surface area is 87.1 Å². The zero-order chi connectivity index (χ0) is 10.3. The van der Waals surface area contributed by atoms with E-state index in [1.807, 2.05) is 37.3 Å². The fourth-order valence-electron chi connectivity index (χ4n) is 1.77. The van der Waals surface area contributed by atoms with Gasteiger partial charge in [0.15, 0.2) is 0 Å². The van der Waals surface area contributed by atoms with E-state index in [0.29, 0.717) is 0 Å². The van der Waals surface area contributed by atoms with Crippen molar-refractivity contribution in [2.45, 2.75) is 6.92 Å². The van der Waals surface area contributed by atoms with Gasteiger partial charge in [-0.1, -0.05) is 0 Å². The van der Waals surface area contributed by atoms with Gasteiger partial charge in [-0.15, -0.1) is 0 Å². The van der Waals surface area contributed by atoms with Crippen molar-refractivity contribution in [3.63, 3.8) is 0 Å². The summed E-state index contributed by atoms with van der Waals surface area (Å²) in [7, 11) is 0. The second-order valence-corrected chi connectivity index (χ2v) is 3.59. The van der Waals surface area contributed by atoms with Crippen LogP contribution in [0.3, 0.4) is 0 Å². The van der Waals surface area contributed by atoms with Gasteiger partial charge in [-0.25, -0.2) is 0 Å². The molecule has 0 saturated heterocycles. The number of hydrogen-bond donors (Lipinski definition) is 0. The average molecular weight is 198 g/mol. The van der Waals surface area contributed by atoms with Gasteiger partial charge in [-0.05, 0) is 43.3 Å². The maximum Gasteiger partial charge on any atom is 0.134 e. The van der Waals surface area contributed by atoms with Crippen LogP contribution in [-0.2, 0) is 0 Å². The minimum absolute atomic E-state index is 0.885. The lowest BCUT2D eigenvalue weighted by Gasteiger charge is -1.95. The molecule has 0 saturated carbocycles. The van der Waals surface area contributed by atoms with E-state index in [4.69, 9.17) is 8.83 Å². The molecule has 0 aliphatic rings. The van der Waals surface area contributed by atoms with Crippen LogP contribution in [0, 0.1) is 6.92 Å². The molecule has 74 valence electrons. The van der Waals surface area contributed by atoms with Gasteiger partial charge in [0.1, 0.15) is 17.1 Å². The maximum absolute atomic E-state index is 5.51. The summed E-state index contributed by atoms with van der Waals surface area (Å²) in [6.07, 6.45) is 1.68. The van der Waals surface area contributed by atoms with E-state index in [2.05, 4.69) is 6.07 Å². The molecule has 2 aromatic heterocycles. The number of fused-ring (bicyclic) bond motifs is 1. The minimum atomic E-state index is 0.885. The number of benzene rings is 1. The van der Waals surface area contributed by atoms with Crippen LogP contribution >= 0.6 is 0 Å². The molecule has 1 aromatic carbocycles. The quantitative estimate of drug-likeness (QED) is 0.590. The minimum Gasteiger partial charge on any atom is -0.464 e. The third kappa shape index (κ3) is 1.34. The Morgan fingerprint density at radius 3 is 2.80 bits per heavy atom. The smallest absolute Gasteiger partial charge is 0.134 e. The van der Waals surface area contributed by atoms with E-state index in [9.17, 15) is 0 Å². The van der Waals surface area contributed by atoms with E-state index in [0.717, 1.165) is 28.1 Å². The van der Waals surface area contributed by atoms with E-state index >= 15 is 0 Å². The second-order valence-electron chi connectivity index (χ2n) is 3.59. The van der Waals surface area contributed by atoms with Crippen LogP contribution in [0.1, 0.15) is 5.76 Å². The van der Waals surface area contributed by atoms with E-state index in [1.165, 1.54) is 0 Å². The number of aryl methyl sites for hydroxylation is 1. The van der Waals surface area contributed by atoms with Gasteiger partial charge in [-0.2, -0.15) is 0 Å². The Morgan fingerprint density at radius 2 is 2.00 bits per heavy atom. The molecule has 0 radical (unpaired) electrons. The first-order valence-electron chi connectivity index (χ1n) is 4.87. The summed E-state index contributed by atoms with van der Waals surface area (Å²) in [5.74, 6) is 1.82. The molecule has 15 heavy (non-hydrogen) atoms. The van der Waals surface area contributed by atoms with Crippen molar-refractivity contribution in [1.29, 1.82) is 0 Å². The van der Waals surface area contributed by atoms with Crippen molar-refractivity contribution in [1.82, 2.24) is 0 Å². The Bertz CT molecular complexity index is 588. The van der Waals surface area contributed by atoms with Crippen molar-refractivity contribution in [3.8, 4) is 11.3 Å². The SMILES string of the molecule is Cc1cc2cc(-c3ccco3)ccc2o1. The third-order valence-corrected chi connectivity index (χ3v) is 2.45. The molecule has 3 aromatic rings.